The van der Waals surface area contributed by atoms with Crippen LogP contribution in [0, 0.1) is 0 Å². The van der Waals surface area contributed by atoms with Gasteiger partial charge in [-0.3, -0.25) is 14.2 Å². The molecule has 2 heterocycles. The molecule has 0 aliphatic carbocycles. The lowest BCUT2D eigenvalue weighted by molar-refractivity contribution is -0.132. The summed E-state index contributed by atoms with van der Waals surface area (Å²) in [5.74, 6) is 0.126. The lowest BCUT2D eigenvalue weighted by Gasteiger charge is -2.35. The zero-order chi connectivity index (χ0) is 19.4. The predicted octanol–water partition coefficient (Wildman–Crippen LogP) is 2.45. The summed E-state index contributed by atoms with van der Waals surface area (Å²) in [7, 11) is 0. The molecule has 1 saturated heterocycles. The van der Waals surface area contributed by atoms with Gasteiger partial charge in [0.1, 0.15) is 0 Å². The number of likely N-dealkylation sites (N-methyl/N-ethyl adjacent to an activating group) is 1. The van der Waals surface area contributed by atoms with Gasteiger partial charge < -0.3 is 9.80 Å². The first kappa shape index (κ1) is 19.9. The molecule has 1 aromatic carbocycles. The molecule has 6 nitrogen and oxygen atoms in total. The second kappa shape index (κ2) is 8.89. The fraction of sp³-hybridized carbons (Fsp3) is 0.550. The van der Waals surface area contributed by atoms with E-state index in [1.807, 2.05) is 43.0 Å². The number of aromatic nitrogens is 2. The van der Waals surface area contributed by atoms with E-state index in [-0.39, 0.29) is 16.7 Å². The van der Waals surface area contributed by atoms with E-state index in [0.29, 0.717) is 22.6 Å². The number of fused-ring (bicyclic) bond motifs is 1. The Morgan fingerprint density at radius 2 is 1.89 bits per heavy atom. The van der Waals surface area contributed by atoms with Crippen LogP contribution in [0.4, 0.5) is 0 Å². The van der Waals surface area contributed by atoms with Crippen LogP contribution in [-0.4, -0.2) is 63.2 Å². The molecule has 1 aliphatic heterocycles. The van der Waals surface area contributed by atoms with Crippen molar-refractivity contribution in [3.8, 4) is 0 Å². The van der Waals surface area contributed by atoms with Gasteiger partial charge >= 0.3 is 0 Å². The number of thioether (sulfide) groups is 1. The van der Waals surface area contributed by atoms with Gasteiger partial charge in [0.25, 0.3) is 5.56 Å². The number of benzene rings is 1. The van der Waals surface area contributed by atoms with Gasteiger partial charge in [-0.1, -0.05) is 37.7 Å². The Balaban J connectivity index is 1.81. The second-order valence-electron chi connectivity index (χ2n) is 6.89. The predicted molar refractivity (Wildman–Crippen MR) is 110 cm³/mol. The molecule has 1 aliphatic rings. The number of para-hydroxylation sites is 1. The van der Waals surface area contributed by atoms with Crippen molar-refractivity contribution in [3.05, 3.63) is 34.6 Å². The van der Waals surface area contributed by atoms with Crippen molar-refractivity contribution in [3.63, 3.8) is 0 Å². The average molecular weight is 389 g/mol. The van der Waals surface area contributed by atoms with Gasteiger partial charge in [0.05, 0.1) is 16.2 Å². The minimum absolute atomic E-state index is 0.0267. The molecule has 0 unspecified atom stereocenters. The van der Waals surface area contributed by atoms with Crippen molar-refractivity contribution in [2.45, 2.75) is 44.1 Å². The first-order valence-electron chi connectivity index (χ1n) is 9.72. The molecular weight excluding hydrogens is 360 g/mol. The molecule has 3 rings (SSSR count). The summed E-state index contributed by atoms with van der Waals surface area (Å²) in [4.78, 5) is 34.7. The maximum Gasteiger partial charge on any atom is 0.262 e. The fourth-order valence-corrected chi connectivity index (χ4v) is 4.43. The monoisotopic (exact) mass is 388 g/mol. The topological polar surface area (TPSA) is 58.4 Å². The van der Waals surface area contributed by atoms with Crippen LogP contribution >= 0.6 is 11.8 Å². The van der Waals surface area contributed by atoms with Crippen molar-refractivity contribution in [1.82, 2.24) is 19.4 Å². The number of hydrogen-bond donors (Lipinski definition) is 0. The van der Waals surface area contributed by atoms with Crippen molar-refractivity contribution >= 4 is 28.6 Å². The van der Waals surface area contributed by atoms with E-state index in [4.69, 9.17) is 4.98 Å². The smallest absolute Gasteiger partial charge is 0.262 e. The normalized spacial score (nSPS) is 16.6. The number of rotatable bonds is 6. The molecule has 1 amide bonds. The summed E-state index contributed by atoms with van der Waals surface area (Å²) >= 11 is 1.39. The molecule has 0 N–H and O–H groups in total. The van der Waals surface area contributed by atoms with E-state index in [1.54, 1.807) is 4.57 Å². The van der Waals surface area contributed by atoms with E-state index in [9.17, 15) is 9.59 Å². The van der Waals surface area contributed by atoms with Gasteiger partial charge in [-0.05, 0) is 32.0 Å². The summed E-state index contributed by atoms with van der Waals surface area (Å²) in [5, 5.41) is 0.993. The molecule has 27 heavy (non-hydrogen) atoms. The van der Waals surface area contributed by atoms with Gasteiger partial charge in [0.15, 0.2) is 5.16 Å². The van der Waals surface area contributed by atoms with Crippen LogP contribution in [0.3, 0.4) is 0 Å². The average Bonchev–Trinajstić information content (AvgIpc) is 2.70. The second-order valence-corrected chi connectivity index (χ2v) is 8.20. The largest absolute Gasteiger partial charge is 0.339 e. The van der Waals surface area contributed by atoms with Gasteiger partial charge in [0, 0.05) is 32.7 Å². The van der Waals surface area contributed by atoms with E-state index in [1.165, 1.54) is 11.8 Å². The summed E-state index contributed by atoms with van der Waals surface area (Å²) < 4.78 is 1.71. The highest BCUT2D eigenvalue weighted by molar-refractivity contribution is 8.00. The first-order chi connectivity index (χ1) is 13.0. The molecule has 0 radical (unpaired) electrons. The van der Waals surface area contributed by atoms with Crippen molar-refractivity contribution in [2.75, 3.05) is 32.7 Å². The Bertz CT molecular complexity index is 859. The van der Waals surface area contributed by atoms with Gasteiger partial charge in [-0.2, -0.15) is 0 Å². The van der Waals surface area contributed by atoms with Crippen molar-refractivity contribution in [2.24, 2.45) is 0 Å². The zero-order valence-corrected chi connectivity index (χ0v) is 17.2. The van der Waals surface area contributed by atoms with Crippen molar-refractivity contribution < 1.29 is 4.79 Å². The van der Waals surface area contributed by atoms with Crippen LogP contribution in [0.15, 0.2) is 34.2 Å². The molecule has 1 atom stereocenters. The lowest BCUT2D eigenvalue weighted by Crippen LogP contribution is -2.50. The van der Waals surface area contributed by atoms with Crippen LogP contribution < -0.4 is 5.56 Å². The first-order valence-corrected chi connectivity index (χ1v) is 10.6. The number of amides is 1. The molecular formula is C20H28N4O2S. The van der Waals surface area contributed by atoms with E-state index >= 15 is 0 Å². The minimum Gasteiger partial charge on any atom is -0.339 e. The van der Waals surface area contributed by atoms with Crippen LogP contribution in [-0.2, 0) is 11.3 Å². The minimum atomic E-state index is -0.269. The summed E-state index contributed by atoms with van der Waals surface area (Å²) in [6.07, 6.45) is 0.842. The van der Waals surface area contributed by atoms with Crippen LogP contribution in [0.2, 0.25) is 0 Å². The number of carbonyl (C=O) groups is 1. The number of carbonyl (C=O) groups excluding carboxylic acids is 1. The van der Waals surface area contributed by atoms with E-state index in [2.05, 4.69) is 11.8 Å². The molecule has 1 aromatic heterocycles. The summed E-state index contributed by atoms with van der Waals surface area (Å²) in [6, 6.07) is 7.41. The van der Waals surface area contributed by atoms with Gasteiger partial charge in [0.2, 0.25) is 5.91 Å². The zero-order valence-electron chi connectivity index (χ0n) is 16.4. The Kier molecular flexibility index (Phi) is 6.55. The Hall–Kier alpha value is -1.86. The third-order valence-electron chi connectivity index (χ3n) is 5.03. The Morgan fingerprint density at radius 3 is 2.56 bits per heavy atom. The quantitative estimate of drug-likeness (QED) is 0.562. The number of nitrogens with zero attached hydrogens (tertiary/aromatic N) is 4. The standard InChI is InChI=1S/C20H28N4O2S/c1-4-10-24-19(26)16-8-6-7-9-17(16)21-20(24)27-15(3)18(25)23-13-11-22(5-2)12-14-23/h6-9,15H,4-5,10-14H2,1-3H3/t15-/m1/s1. The van der Waals surface area contributed by atoms with E-state index < -0.39 is 0 Å². The molecule has 7 heteroatoms. The molecule has 0 saturated carbocycles. The number of piperazine rings is 1. The maximum atomic E-state index is 12.9. The maximum absolute atomic E-state index is 12.9. The highest BCUT2D eigenvalue weighted by Crippen LogP contribution is 2.24. The highest BCUT2D eigenvalue weighted by atomic mass is 32.2. The van der Waals surface area contributed by atoms with E-state index in [0.717, 1.165) is 39.1 Å². The SMILES string of the molecule is CCCn1c(S[C@H](C)C(=O)N2CCN(CC)CC2)nc2ccccc2c1=O. The van der Waals surface area contributed by atoms with Gasteiger partial charge in [-0.25, -0.2) is 4.98 Å². The third kappa shape index (κ3) is 4.35. The van der Waals surface area contributed by atoms with Gasteiger partial charge in [-0.15, -0.1) is 0 Å². The summed E-state index contributed by atoms with van der Waals surface area (Å²) in [5.41, 5.74) is 0.662. The molecule has 1 fully saturated rings. The third-order valence-corrected chi connectivity index (χ3v) is 6.11. The van der Waals surface area contributed by atoms with Crippen LogP contribution in [0.25, 0.3) is 10.9 Å². The molecule has 2 aromatic rings. The summed E-state index contributed by atoms with van der Waals surface area (Å²) in [6.45, 7) is 11.1. The van der Waals surface area contributed by atoms with Crippen LogP contribution in [0.1, 0.15) is 27.2 Å². The highest BCUT2D eigenvalue weighted by Gasteiger charge is 2.26. The molecule has 0 spiro atoms. The van der Waals surface area contributed by atoms with Crippen LogP contribution in [0.5, 0.6) is 0 Å². The number of hydrogen-bond acceptors (Lipinski definition) is 5. The molecule has 0 bridgehead atoms. The Morgan fingerprint density at radius 1 is 1.19 bits per heavy atom. The Labute approximate surface area is 164 Å². The fourth-order valence-electron chi connectivity index (χ4n) is 3.41. The van der Waals surface area contributed by atoms with Crippen molar-refractivity contribution in [1.29, 1.82) is 0 Å². The molecule has 146 valence electrons. The lowest BCUT2D eigenvalue weighted by atomic mass is 10.2.